The van der Waals surface area contributed by atoms with Crippen molar-refractivity contribution >= 4 is 12.0 Å². The van der Waals surface area contributed by atoms with Gasteiger partial charge in [0.05, 0.1) is 24.8 Å². The Labute approximate surface area is 174 Å². The molecule has 0 spiro atoms. The van der Waals surface area contributed by atoms with Crippen molar-refractivity contribution in [3.05, 3.63) is 35.5 Å². The minimum absolute atomic E-state index is 0.0921. The van der Waals surface area contributed by atoms with Crippen LogP contribution in [0.25, 0.3) is 5.82 Å². The Kier molecular flexibility index (Phi) is 6.32. The highest BCUT2D eigenvalue weighted by Gasteiger charge is 2.25. The van der Waals surface area contributed by atoms with Crippen molar-refractivity contribution in [1.29, 1.82) is 0 Å². The Hall–Kier alpha value is -3.05. The van der Waals surface area contributed by atoms with Gasteiger partial charge in [-0.3, -0.25) is 4.79 Å². The normalized spacial score (nSPS) is 15.7. The first-order chi connectivity index (χ1) is 14.2. The minimum atomic E-state index is -1.12. The average Bonchev–Trinajstić information content (AvgIpc) is 3.10. The first-order valence-corrected chi connectivity index (χ1v) is 9.72. The number of morpholine rings is 1. The van der Waals surface area contributed by atoms with E-state index >= 15 is 0 Å². The van der Waals surface area contributed by atoms with Crippen LogP contribution in [0.4, 0.5) is 4.79 Å². The highest BCUT2D eigenvalue weighted by atomic mass is 16.5. The molecule has 1 unspecified atom stereocenters. The van der Waals surface area contributed by atoms with Crippen LogP contribution in [0.3, 0.4) is 0 Å². The Morgan fingerprint density at radius 1 is 1.33 bits per heavy atom. The van der Waals surface area contributed by atoms with E-state index < -0.39 is 17.7 Å². The van der Waals surface area contributed by atoms with Gasteiger partial charge in [0.2, 0.25) is 0 Å². The molecule has 2 amide bonds. The average molecular weight is 417 g/mol. The van der Waals surface area contributed by atoms with Crippen molar-refractivity contribution in [3.8, 4) is 5.82 Å². The molecule has 11 heteroatoms. The van der Waals surface area contributed by atoms with Gasteiger partial charge in [-0.25, -0.2) is 14.8 Å². The van der Waals surface area contributed by atoms with Crippen LogP contribution in [0.1, 0.15) is 48.8 Å². The molecule has 162 valence electrons. The van der Waals surface area contributed by atoms with Crippen molar-refractivity contribution in [3.63, 3.8) is 0 Å². The second kappa shape index (κ2) is 8.76. The molecule has 2 aromatic heterocycles. The van der Waals surface area contributed by atoms with Crippen LogP contribution < -0.4 is 11.1 Å². The Morgan fingerprint density at radius 3 is 2.60 bits per heavy atom. The molecule has 2 aromatic rings. The van der Waals surface area contributed by atoms with Crippen LogP contribution >= 0.6 is 0 Å². The van der Waals surface area contributed by atoms with Crippen LogP contribution in [-0.2, 0) is 11.2 Å². The number of nitrogens with one attached hydrogen (secondary N) is 1. The molecule has 0 bridgehead atoms. The zero-order valence-electron chi connectivity index (χ0n) is 17.3. The molecule has 1 saturated heterocycles. The largest absolute Gasteiger partial charge is 0.465 e. The van der Waals surface area contributed by atoms with Gasteiger partial charge in [0.15, 0.2) is 17.5 Å². The molecule has 1 fully saturated rings. The maximum atomic E-state index is 12.6. The SMILES string of the molecule is CC(N)c1nc(CC(C)(C)NC(=O)O)nn1-c1ccc(C(=O)N2CCOCC2)cn1. The van der Waals surface area contributed by atoms with E-state index in [4.69, 9.17) is 15.6 Å². The van der Waals surface area contributed by atoms with E-state index in [0.717, 1.165) is 0 Å². The number of carbonyl (C=O) groups is 2. The molecule has 3 rings (SSSR count). The summed E-state index contributed by atoms with van der Waals surface area (Å²) in [6.07, 6.45) is 0.670. The first-order valence-electron chi connectivity index (χ1n) is 9.72. The third kappa shape index (κ3) is 5.10. The lowest BCUT2D eigenvalue weighted by Crippen LogP contribution is -2.44. The summed E-state index contributed by atoms with van der Waals surface area (Å²) in [4.78, 5) is 34.2. The summed E-state index contributed by atoms with van der Waals surface area (Å²) in [5, 5.41) is 15.9. The van der Waals surface area contributed by atoms with Gasteiger partial charge in [-0.1, -0.05) is 0 Å². The minimum Gasteiger partial charge on any atom is -0.465 e. The van der Waals surface area contributed by atoms with E-state index in [1.807, 2.05) is 0 Å². The highest BCUT2D eigenvalue weighted by Crippen LogP contribution is 2.17. The van der Waals surface area contributed by atoms with Crippen LogP contribution in [0.15, 0.2) is 18.3 Å². The summed E-state index contributed by atoms with van der Waals surface area (Å²) in [6.45, 7) is 7.45. The molecule has 1 atom stereocenters. The van der Waals surface area contributed by atoms with Gasteiger partial charge in [-0.05, 0) is 32.9 Å². The van der Waals surface area contributed by atoms with Crippen LogP contribution in [-0.4, -0.2) is 73.6 Å². The number of nitrogens with zero attached hydrogens (tertiary/aromatic N) is 5. The third-order valence-electron chi connectivity index (χ3n) is 4.64. The second-order valence-electron chi connectivity index (χ2n) is 7.89. The third-order valence-corrected chi connectivity index (χ3v) is 4.64. The van der Waals surface area contributed by atoms with Gasteiger partial charge < -0.3 is 25.8 Å². The lowest BCUT2D eigenvalue weighted by Gasteiger charge is -2.26. The number of ether oxygens (including phenoxy) is 1. The Bertz CT molecular complexity index is 902. The summed E-state index contributed by atoms with van der Waals surface area (Å²) in [7, 11) is 0. The van der Waals surface area contributed by atoms with Crippen molar-refractivity contribution in [2.45, 2.75) is 38.8 Å². The quantitative estimate of drug-likeness (QED) is 0.623. The summed E-state index contributed by atoms with van der Waals surface area (Å²) in [5.41, 5.74) is 5.78. The molecular formula is C19H27N7O4. The Balaban J connectivity index is 1.83. The lowest BCUT2D eigenvalue weighted by molar-refractivity contribution is 0.0302. The maximum absolute atomic E-state index is 12.6. The molecule has 4 N–H and O–H groups in total. The van der Waals surface area contributed by atoms with E-state index in [0.29, 0.717) is 49.3 Å². The molecule has 1 aliphatic heterocycles. The first kappa shape index (κ1) is 21.7. The molecule has 0 aromatic carbocycles. The fourth-order valence-corrected chi connectivity index (χ4v) is 3.22. The fourth-order valence-electron chi connectivity index (χ4n) is 3.22. The summed E-state index contributed by atoms with van der Waals surface area (Å²) in [6, 6.07) is 2.97. The highest BCUT2D eigenvalue weighted by molar-refractivity contribution is 5.94. The topological polar surface area (TPSA) is 148 Å². The molecule has 0 saturated carbocycles. The lowest BCUT2D eigenvalue weighted by atomic mass is 10.0. The number of aromatic nitrogens is 4. The van der Waals surface area contributed by atoms with E-state index in [-0.39, 0.29) is 12.3 Å². The van der Waals surface area contributed by atoms with E-state index in [2.05, 4.69) is 20.4 Å². The predicted molar refractivity (Wildman–Crippen MR) is 107 cm³/mol. The van der Waals surface area contributed by atoms with Crippen LogP contribution in [0.2, 0.25) is 0 Å². The molecule has 0 aliphatic carbocycles. The number of pyridine rings is 1. The van der Waals surface area contributed by atoms with Crippen molar-refractivity contribution in [2.24, 2.45) is 5.73 Å². The molecule has 11 nitrogen and oxygen atoms in total. The zero-order valence-corrected chi connectivity index (χ0v) is 17.3. The molecule has 30 heavy (non-hydrogen) atoms. The van der Waals surface area contributed by atoms with E-state index in [1.54, 1.807) is 37.8 Å². The van der Waals surface area contributed by atoms with Gasteiger partial charge in [-0.15, -0.1) is 5.10 Å². The predicted octanol–water partition coefficient (Wildman–Crippen LogP) is 0.743. The van der Waals surface area contributed by atoms with E-state index in [9.17, 15) is 9.59 Å². The standard InChI is InChI=1S/C19H27N7O4/c1-12(20)16-22-14(10-19(2,3)23-18(28)29)24-26(16)15-5-4-13(11-21-15)17(27)25-6-8-30-9-7-25/h4-5,11-12,23H,6-10,20H2,1-3H3,(H,28,29). The van der Waals surface area contributed by atoms with Crippen molar-refractivity contribution in [1.82, 2.24) is 30.0 Å². The smallest absolute Gasteiger partial charge is 0.405 e. The van der Waals surface area contributed by atoms with Crippen LogP contribution in [0.5, 0.6) is 0 Å². The fraction of sp³-hybridized carbons (Fsp3) is 0.526. The Morgan fingerprint density at radius 2 is 2.03 bits per heavy atom. The molecule has 1 aliphatic rings. The van der Waals surface area contributed by atoms with Crippen molar-refractivity contribution < 1.29 is 19.4 Å². The molecule has 0 radical (unpaired) electrons. The van der Waals surface area contributed by atoms with Gasteiger partial charge >= 0.3 is 6.09 Å². The zero-order chi connectivity index (χ0) is 21.9. The van der Waals surface area contributed by atoms with Gasteiger partial charge in [0.1, 0.15) is 0 Å². The number of carboxylic acid groups (broad SMARTS) is 1. The molecular weight excluding hydrogens is 390 g/mol. The number of nitrogens with two attached hydrogens (primary N) is 1. The summed E-state index contributed by atoms with van der Waals surface area (Å²) < 4.78 is 6.81. The van der Waals surface area contributed by atoms with Gasteiger partial charge in [0.25, 0.3) is 5.91 Å². The number of carbonyl (C=O) groups excluding carboxylic acids is 1. The summed E-state index contributed by atoms with van der Waals surface area (Å²) >= 11 is 0. The van der Waals surface area contributed by atoms with E-state index in [1.165, 1.54) is 10.9 Å². The summed E-state index contributed by atoms with van der Waals surface area (Å²) in [5.74, 6) is 1.32. The van der Waals surface area contributed by atoms with Crippen molar-refractivity contribution in [2.75, 3.05) is 26.3 Å². The monoisotopic (exact) mass is 417 g/mol. The van der Waals surface area contributed by atoms with Gasteiger partial charge in [0, 0.05) is 31.2 Å². The van der Waals surface area contributed by atoms with Crippen LogP contribution in [0, 0.1) is 0 Å². The number of amides is 2. The molecule has 3 heterocycles. The second-order valence-corrected chi connectivity index (χ2v) is 7.89. The number of rotatable bonds is 6. The maximum Gasteiger partial charge on any atom is 0.405 e. The number of hydrogen-bond donors (Lipinski definition) is 3. The van der Waals surface area contributed by atoms with Gasteiger partial charge in [-0.2, -0.15) is 4.68 Å². The number of hydrogen-bond acceptors (Lipinski definition) is 7.